The predicted molar refractivity (Wildman–Crippen MR) is 76.1 cm³/mol. The summed E-state index contributed by atoms with van der Waals surface area (Å²) < 4.78 is 42.8. The van der Waals surface area contributed by atoms with Gasteiger partial charge in [-0.1, -0.05) is 5.16 Å². The van der Waals surface area contributed by atoms with Gasteiger partial charge in [0.15, 0.2) is 0 Å². The highest BCUT2D eigenvalue weighted by molar-refractivity contribution is 7.20. The Hall–Kier alpha value is -2.95. The summed E-state index contributed by atoms with van der Waals surface area (Å²) in [5.74, 6) is -1.53. The van der Waals surface area contributed by atoms with Crippen LogP contribution in [0.4, 0.5) is 13.2 Å². The summed E-state index contributed by atoms with van der Waals surface area (Å²) in [7, 11) is 0. The second kappa shape index (κ2) is 5.92. The number of nitrogens with zero attached hydrogens (tertiary/aromatic N) is 2. The number of hydrazine groups is 1. The third-order valence-corrected chi connectivity index (χ3v) is 3.94. The number of nitrogens with one attached hydrogen (secondary N) is 2. The zero-order valence-corrected chi connectivity index (χ0v) is 12.4. The molecule has 0 spiro atoms. The van der Waals surface area contributed by atoms with Crippen LogP contribution in [0.5, 0.6) is 0 Å². The van der Waals surface area contributed by atoms with Gasteiger partial charge in [-0.3, -0.25) is 25.4 Å². The van der Waals surface area contributed by atoms with E-state index >= 15 is 0 Å². The smallest absolute Gasteiger partial charge is 0.351 e. The SMILES string of the molecule is O=C(NNC(=O)c1cc2ncc(C(F)(F)F)cc2s1)c1ccno1. The number of pyridine rings is 1. The van der Waals surface area contributed by atoms with Gasteiger partial charge in [0, 0.05) is 12.3 Å². The number of carbonyl (C=O) groups is 2. The fourth-order valence-electron chi connectivity index (χ4n) is 1.75. The Morgan fingerprint density at radius 3 is 2.58 bits per heavy atom. The number of alkyl halides is 3. The van der Waals surface area contributed by atoms with Crippen LogP contribution in [0, 0.1) is 0 Å². The summed E-state index contributed by atoms with van der Waals surface area (Å²) in [5.41, 5.74) is 3.57. The van der Waals surface area contributed by atoms with E-state index in [0.29, 0.717) is 6.20 Å². The fourth-order valence-corrected chi connectivity index (χ4v) is 2.71. The van der Waals surface area contributed by atoms with Crippen molar-refractivity contribution < 1.29 is 27.3 Å². The van der Waals surface area contributed by atoms with Crippen LogP contribution in [0.25, 0.3) is 10.2 Å². The van der Waals surface area contributed by atoms with Gasteiger partial charge in [0.1, 0.15) is 0 Å². The van der Waals surface area contributed by atoms with Crippen LogP contribution in [0.2, 0.25) is 0 Å². The lowest BCUT2D eigenvalue weighted by Gasteiger charge is -2.04. The van der Waals surface area contributed by atoms with Crippen molar-refractivity contribution in [3.8, 4) is 0 Å². The molecule has 3 rings (SSSR count). The van der Waals surface area contributed by atoms with Gasteiger partial charge in [-0.25, -0.2) is 0 Å². The Kier molecular flexibility index (Phi) is 3.93. The standard InChI is InChI=1S/C13H7F3N4O3S/c14-13(15,16)6-3-9-7(17-5-6)4-10(24-9)12(22)20-19-11(21)8-1-2-18-23-8/h1-5H,(H,19,21)(H,20,22). The highest BCUT2D eigenvalue weighted by atomic mass is 32.1. The second-order valence-corrected chi connectivity index (χ2v) is 5.58. The van der Waals surface area contributed by atoms with Crippen LogP contribution in [0.15, 0.2) is 35.1 Å². The van der Waals surface area contributed by atoms with Crippen molar-refractivity contribution in [1.29, 1.82) is 0 Å². The molecule has 3 aromatic rings. The molecule has 11 heteroatoms. The minimum absolute atomic E-state index is 0.0923. The monoisotopic (exact) mass is 356 g/mol. The van der Waals surface area contributed by atoms with Gasteiger partial charge in [-0.15, -0.1) is 11.3 Å². The largest absolute Gasteiger partial charge is 0.417 e. The summed E-state index contributed by atoms with van der Waals surface area (Å²) in [6.45, 7) is 0. The zero-order valence-electron chi connectivity index (χ0n) is 11.5. The van der Waals surface area contributed by atoms with E-state index in [4.69, 9.17) is 0 Å². The molecule has 0 atom stereocenters. The van der Waals surface area contributed by atoms with Gasteiger partial charge < -0.3 is 4.52 Å². The normalized spacial score (nSPS) is 11.5. The van der Waals surface area contributed by atoms with Crippen LogP contribution >= 0.6 is 11.3 Å². The van der Waals surface area contributed by atoms with Crippen molar-refractivity contribution in [2.75, 3.05) is 0 Å². The molecule has 0 aliphatic carbocycles. The molecule has 3 aromatic heterocycles. The van der Waals surface area contributed by atoms with Crippen LogP contribution in [-0.4, -0.2) is 22.0 Å². The molecule has 2 N–H and O–H groups in total. The van der Waals surface area contributed by atoms with Crippen molar-refractivity contribution in [2.45, 2.75) is 6.18 Å². The minimum atomic E-state index is -4.52. The first-order valence-electron chi connectivity index (χ1n) is 6.33. The number of amides is 2. The highest BCUT2D eigenvalue weighted by Crippen LogP contribution is 2.33. The number of fused-ring (bicyclic) bond motifs is 1. The van der Waals surface area contributed by atoms with E-state index in [2.05, 4.69) is 25.5 Å². The summed E-state index contributed by atoms with van der Waals surface area (Å²) >= 11 is 0.823. The van der Waals surface area contributed by atoms with Crippen molar-refractivity contribution >= 4 is 33.4 Å². The minimum Gasteiger partial charge on any atom is -0.351 e. The Morgan fingerprint density at radius 2 is 1.92 bits per heavy atom. The molecule has 0 aliphatic heterocycles. The number of rotatable bonds is 2. The van der Waals surface area contributed by atoms with Crippen molar-refractivity contribution in [3.63, 3.8) is 0 Å². The second-order valence-electron chi connectivity index (χ2n) is 4.50. The molecule has 0 radical (unpaired) electrons. The van der Waals surface area contributed by atoms with Crippen LogP contribution in [0.1, 0.15) is 25.8 Å². The van der Waals surface area contributed by atoms with Gasteiger partial charge in [-0.2, -0.15) is 13.2 Å². The summed E-state index contributed by atoms with van der Waals surface area (Å²) in [5, 5.41) is 3.34. The van der Waals surface area contributed by atoms with Gasteiger partial charge in [0.05, 0.1) is 26.9 Å². The zero-order chi connectivity index (χ0) is 17.3. The predicted octanol–water partition coefficient (Wildman–Crippen LogP) is 2.38. The van der Waals surface area contributed by atoms with Crippen LogP contribution in [0.3, 0.4) is 0 Å². The van der Waals surface area contributed by atoms with Crippen molar-refractivity contribution in [3.05, 3.63) is 46.8 Å². The molecule has 0 bridgehead atoms. The first-order chi connectivity index (χ1) is 11.3. The van der Waals surface area contributed by atoms with E-state index in [1.807, 2.05) is 0 Å². The molecule has 0 aromatic carbocycles. The Bertz CT molecular complexity index is 905. The highest BCUT2D eigenvalue weighted by Gasteiger charge is 2.31. The average molecular weight is 356 g/mol. The molecule has 7 nitrogen and oxygen atoms in total. The third kappa shape index (κ3) is 3.20. The van der Waals surface area contributed by atoms with E-state index in [-0.39, 0.29) is 20.9 Å². The Balaban J connectivity index is 1.74. The van der Waals surface area contributed by atoms with E-state index in [1.165, 1.54) is 18.3 Å². The quantitative estimate of drug-likeness (QED) is 0.687. The van der Waals surface area contributed by atoms with Gasteiger partial charge in [0.25, 0.3) is 5.91 Å². The number of carbonyl (C=O) groups excluding carboxylic acids is 2. The Labute approximate surface area is 135 Å². The third-order valence-electron chi connectivity index (χ3n) is 2.87. The van der Waals surface area contributed by atoms with E-state index in [0.717, 1.165) is 17.4 Å². The lowest BCUT2D eigenvalue weighted by Crippen LogP contribution is -2.41. The summed E-state index contributed by atoms with van der Waals surface area (Å²) in [6.07, 6.45) is -2.56. The first kappa shape index (κ1) is 15.9. The molecule has 24 heavy (non-hydrogen) atoms. The Morgan fingerprint density at radius 1 is 1.17 bits per heavy atom. The molecule has 0 aliphatic rings. The number of hydrogen-bond acceptors (Lipinski definition) is 6. The molecular formula is C13H7F3N4O3S. The van der Waals surface area contributed by atoms with Gasteiger partial charge in [0.2, 0.25) is 5.76 Å². The lowest BCUT2D eigenvalue weighted by molar-refractivity contribution is -0.137. The maximum atomic E-state index is 12.6. The number of thiophene rings is 1. The van der Waals surface area contributed by atoms with Crippen molar-refractivity contribution in [2.24, 2.45) is 0 Å². The molecular weight excluding hydrogens is 349 g/mol. The fraction of sp³-hybridized carbons (Fsp3) is 0.0769. The number of halogens is 3. The van der Waals surface area contributed by atoms with Crippen LogP contribution in [-0.2, 0) is 6.18 Å². The lowest BCUT2D eigenvalue weighted by atomic mass is 10.2. The van der Waals surface area contributed by atoms with E-state index in [9.17, 15) is 22.8 Å². The number of aromatic nitrogens is 2. The van der Waals surface area contributed by atoms with Gasteiger partial charge in [-0.05, 0) is 12.1 Å². The summed E-state index contributed by atoms with van der Waals surface area (Å²) in [6, 6.07) is 3.54. The maximum Gasteiger partial charge on any atom is 0.417 e. The molecule has 0 unspecified atom stereocenters. The molecule has 0 fully saturated rings. The topological polar surface area (TPSA) is 97.1 Å². The molecule has 2 amide bonds. The van der Waals surface area contributed by atoms with Crippen LogP contribution < -0.4 is 10.9 Å². The van der Waals surface area contributed by atoms with E-state index < -0.39 is 23.6 Å². The van der Waals surface area contributed by atoms with Crippen molar-refractivity contribution in [1.82, 2.24) is 21.0 Å². The average Bonchev–Trinajstić information content (AvgIpc) is 3.19. The molecule has 3 heterocycles. The molecule has 124 valence electrons. The van der Waals surface area contributed by atoms with Gasteiger partial charge >= 0.3 is 12.1 Å². The van der Waals surface area contributed by atoms with E-state index in [1.54, 1.807) is 0 Å². The maximum absolute atomic E-state index is 12.6. The first-order valence-corrected chi connectivity index (χ1v) is 7.14. The molecule has 0 saturated carbocycles. The number of hydrogen-bond donors (Lipinski definition) is 2. The summed E-state index contributed by atoms with van der Waals surface area (Å²) in [4.78, 5) is 27.3. The molecule has 0 saturated heterocycles.